The number of ether oxygens (including phenoxy) is 2. The Balaban J connectivity index is 2.86. The molecule has 0 fully saturated rings. The molecule has 0 saturated carbocycles. The predicted molar refractivity (Wildman–Crippen MR) is 66.6 cm³/mol. The van der Waals surface area contributed by atoms with Crippen LogP contribution in [0, 0.1) is 5.82 Å². The fourth-order valence-electron chi connectivity index (χ4n) is 1.40. The van der Waals surface area contributed by atoms with Crippen molar-refractivity contribution in [3.05, 3.63) is 35.5 Å². The molecule has 0 aliphatic carbocycles. The molecule has 1 unspecified atom stereocenters. The third-order valence-electron chi connectivity index (χ3n) is 2.42. The van der Waals surface area contributed by atoms with Crippen molar-refractivity contribution >= 4 is 5.97 Å². The molecule has 104 valence electrons. The molecular formula is C12H16FN3O3. The van der Waals surface area contributed by atoms with Crippen molar-refractivity contribution < 1.29 is 18.7 Å². The van der Waals surface area contributed by atoms with Gasteiger partial charge in [0.15, 0.2) is 0 Å². The van der Waals surface area contributed by atoms with Gasteiger partial charge in [-0.15, -0.1) is 0 Å². The highest BCUT2D eigenvalue weighted by Crippen LogP contribution is 2.23. The van der Waals surface area contributed by atoms with Crippen LogP contribution >= 0.6 is 0 Å². The van der Waals surface area contributed by atoms with E-state index in [1.165, 1.54) is 26.5 Å². The first-order valence-corrected chi connectivity index (χ1v) is 5.49. The van der Waals surface area contributed by atoms with Crippen LogP contribution in [0.4, 0.5) is 4.39 Å². The van der Waals surface area contributed by atoms with Gasteiger partial charge in [0.2, 0.25) is 5.88 Å². The van der Waals surface area contributed by atoms with Crippen LogP contribution in [0.1, 0.15) is 18.5 Å². The number of nitrogens with one attached hydrogen (secondary N) is 1. The lowest BCUT2D eigenvalue weighted by Gasteiger charge is -2.15. The van der Waals surface area contributed by atoms with Gasteiger partial charge in [0.25, 0.3) is 0 Å². The van der Waals surface area contributed by atoms with Crippen molar-refractivity contribution in [2.75, 3.05) is 14.2 Å². The molecule has 0 radical (unpaired) electrons. The third kappa shape index (κ3) is 3.84. The number of hydrogen-bond acceptors (Lipinski definition) is 6. The van der Waals surface area contributed by atoms with Crippen molar-refractivity contribution in [3.8, 4) is 5.88 Å². The zero-order valence-corrected chi connectivity index (χ0v) is 10.9. The van der Waals surface area contributed by atoms with E-state index in [9.17, 15) is 9.18 Å². The Morgan fingerprint density at radius 3 is 2.84 bits per heavy atom. The lowest BCUT2D eigenvalue weighted by Crippen LogP contribution is -2.20. The van der Waals surface area contributed by atoms with Gasteiger partial charge in [-0.2, -0.15) is 0 Å². The predicted octanol–water partition coefficient (Wildman–Crippen LogP) is 0.853. The largest absolute Gasteiger partial charge is 0.481 e. The minimum absolute atomic E-state index is 0.0855. The average Bonchev–Trinajstić information content (AvgIpc) is 2.43. The zero-order chi connectivity index (χ0) is 14.4. The summed E-state index contributed by atoms with van der Waals surface area (Å²) in [6.07, 6.45) is 2.36. The van der Waals surface area contributed by atoms with Crippen LogP contribution in [0.5, 0.6) is 5.88 Å². The van der Waals surface area contributed by atoms with E-state index in [-0.39, 0.29) is 11.7 Å². The molecular weight excluding hydrogens is 253 g/mol. The Labute approximate surface area is 110 Å². The van der Waals surface area contributed by atoms with Crippen molar-refractivity contribution in [2.24, 2.45) is 5.73 Å². The van der Waals surface area contributed by atoms with Crippen molar-refractivity contribution in [3.63, 3.8) is 0 Å². The molecule has 3 N–H and O–H groups in total. The Morgan fingerprint density at radius 1 is 1.58 bits per heavy atom. The first kappa shape index (κ1) is 14.7. The quantitative estimate of drug-likeness (QED) is 0.609. The van der Waals surface area contributed by atoms with Crippen LogP contribution in [0.2, 0.25) is 0 Å². The molecule has 0 aliphatic rings. The molecule has 6 nitrogen and oxygen atoms in total. The van der Waals surface area contributed by atoms with Gasteiger partial charge in [0.1, 0.15) is 11.5 Å². The maximum absolute atomic E-state index is 13.2. The molecule has 1 aromatic rings. The molecule has 0 aliphatic heterocycles. The summed E-state index contributed by atoms with van der Waals surface area (Å²) in [7, 11) is 2.67. The highest BCUT2D eigenvalue weighted by molar-refractivity contribution is 5.87. The number of nitrogens with zero attached hydrogens (tertiary/aromatic N) is 1. The number of carbonyl (C=O) groups is 1. The summed E-state index contributed by atoms with van der Waals surface area (Å²) in [5.74, 6) is -0.829. The summed E-state index contributed by atoms with van der Waals surface area (Å²) < 4.78 is 22.6. The lowest BCUT2D eigenvalue weighted by atomic mass is 10.1. The highest BCUT2D eigenvalue weighted by atomic mass is 19.1. The van der Waals surface area contributed by atoms with Gasteiger partial charge in [-0.1, -0.05) is 0 Å². The third-order valence-corrected chi connectivity index (χ3v) is 2.42. The van der Waals surface area contributed by atoms with Crippen LogP contribution in [-0.4, -0.2) is 25.2 Å². The molecule has 1 aromatic heterocycles. The minimum atomic E-state index is -0.649. The number of halogens is 1. The number of esters is 1. The van der Waals surface area contributed by atoms with Crippen LogP contribution in [0.15, 0.2) is 24.2 Å². The van der Waals surface area contributed by atoms with E-state index in [4.69, 9.17) is 10.5 Å². The SMILES string of the molecule is COC(=O)/C(N)=C/NC(C)c1cc(F)cnc1OC. The summed E-state index contributed by atoms with van der Waals surface area (Å²) in [6.45, 7) is 1.75. The second-order valence-corrected chi connectivity index (χ2v) is 3.73. The zero-order valence-electron chi connectivity index (χ0n) is 10.9. The molecule has 0 aromatic carbocycles. The number of methoxy groups -OCH3 is 2. The van der Waals surface area contributed by atoms with Crippen LogP contribution in [-0.2, 0) is 9.53 Å². The van der Waals surface area contributed by atoms with Crippen LogP contribution in [0.3, 0.4) is 0 Å². The smallest absolute Gasteiger partial charge is 0.355 e. The number of rotatable bonds is 5. The first-order chi connectivity index (χ1) is 8.99. The van der Waals surface area contributed by atoms with Crippen molar-refractivity contribution in [1.82, 2.24) is 10.3 Å². The molecule has 0 spiro atoms. The number of carbonyl (C=O) groups excluding carboxylic acids is 1. The number of hydrogen-bond donors (Lipinski definition) is 2. The Bertz CT molecular complexity index is 491. The van der Waals surface area contributed by atoms with E-state index in [0.717, 1.165) is 6.20 Å². The monoisotopic (exact) mass is 269 g/mol. The normalized spacial score (nSPS) is 12.7. The molecule has 1 heterocycles. The van der Waals surface area contributed by atoms with Gasteiger partial charge in [-0.05, 0) is 13.0 Å². The molecule has 1 atom stereocenters. The van der Waals surface area contributed by atoms with Crippen molar-refractivity contribution in [2.45, 2.75) is 13.0 Å². The minimum Gasteiger partial charge on any atom is -0.481 e. The van der Waals surface area contributed by atoms with E-state index in [0.29, 0.717) is 11.4 Å². The van der Waals surface area contributed by atoms with Crippen molar-refractivity contribution in [1.29, 1.82) is 0 Å². The standard InChI is InChI=1S/C12H16FN3O3/c1-7(15-6-10(14)12(17)19-3)9-4-8(13)5-16-11(9)18-2/h4-7,15H,14H2,1-3H3/b10-6-. The van der Waals surface area contributed by atoms with Gasteiger partial charge >= 0.3 is 5.97 Å². The van der Waals surface area contributed by atoms with E-state index in [1.54, 1.807) is 6.92 Å². The highest BCUT2D eigenvalue weighted by Gasteiger charge is 2.13. The second-order valence-electron chi connectivity index (χ2n) is 3.73. The first-order valence-electron chi connectivity index (χ1n) is 5.49. The maximum atomic E-state index is 13.2. The summed E-state index contributed by atoms with van der Waals surface area (Å²) >= 11 is 0. The van der Waals surface area contributed by atoms with E-state index in [1.807, 2.05) is 0 Å². The van der Waals surface area contributed by atoms with Crippen LogP contribution in [0.25, 0.3) is 0 Å². The van der Waals surface area contributed by atoms with Gasteiger partial charge in [0.05, 0.1) is 26.5 Å². The van der Waals surface area contributed by atoms with E-state index >= 15 is 0 Å². The van der Waals surface area contributed by atoms with Gasteiger partial charge < -0.3 is 20.5 Å². The summed E-state index contributed by atoms with van der Waals surface area (Å²) in [5.41, 5.74) is 5.88. The molecule has 7 heteroatoms. The summed E-state index contributed by atoms with van der Waals surface area (Å²) in [5, 5.41) is 2.84. The maximum Gasteiger partial charge on any atom is 0.355 e. The molecule has 0 saturated heterocycles. The Hall–Kier alpha value is -2.31. The number of aromatic nitrogens is 1. The summed E-state index contributed by atoms with van der Waals surface area (Å²) in [6, 6.07) is 0.951. The lowest BCUT2D eigenvalue weighted by molar-refractivity contribution is -0.136. The Morgan fingerprint density at radius 2 is 2.26 bits per heavy atom. The molecule has 0 bridgehead atoms. The number of nitrogens with two attached hydrogens (primary N) is 1. The fraction of sp³-hybridized carbons (Fsp3) is 0.333. The van der Waals surface area contributed by atoms with Crippen LogP contribution < -0.4 is 15.8 Å². The average molecular weight is 269 g/mol. The summed E-state index contributed by atoms with van der Waals surface area (Å²) in [4.78, 5) is 14.9. The molecule has 0 amide bonds. The van der Waals surface area contributed by atoms with Gasteiger partial charge in [0, 0.05) is 11.8 Å². The Kier molecular flexibility index (Phi) is 5.11. The molecule has 1 rings (SSSR count). The van der Waals surface area contributed by atoms with Gasteiger partial charge in [-0.3, -0.25) is 0 Å². The topological polar surface area (TPSA) is 86.5 Å². The second kappa shape index (κ2) is 6.58. The van der Waals surface area contributed by atoms with Gasteiger partial charge in [-0.25, -0.2) is 14.2 Å². The number of pyridine rings is 1. The van der Waals surface area contributed by atoms with E-state index < -0.39 is 11.8 Å². The fourth-order valence-corrected chi connectivity index (χ4v) is 1.40. The van der Waals surface area contributed by atoms with E-state index in [2.05, 4.69) is 15.0 Å². The molecule has 19 heavy (non-hydrogen) atoms.